The minimum atomic E-state index is 0.742. The van der Waals surface area contributed by atoms with Gasteiger partial charge in [-0.15, -0.1) is 0 Å². The SMILES string of the molecule is [CH2]Cc1cc(C2CCC2)n[nH]1. The second-order valence-corrected chi connectivity index (χ2v) is 3.20. The molecule has 0 aliphatic heterocycles. The standard InChI is InChI=1S/C9H13N2/c1-2-8-6-9(11-10-8)7-4-3-5-7/h6-7H,1-5H2,(H,10,11). The van der Waals surface area contributed by atoms with Gasteiger partial charge in [0.25, 0.3) is 0 Å². The monoisotopic (exact) mass is 149 g/mol. The first-order chi connectivity index (χ1) is 5.40. The highest BCUT2D eigenvalue weighted by atomic mass is 15.1. The van der Waals surface area contributed by atoms with Gasteiger partial charge in [0.15, 0.2) is 0 Å². The maximum Gasteiger partial charge on any atom is 0.0655 e. The average molecular weight is 149 g/mol. The molecule has 1 heterocycles. The molecule has 1 N–H and O–H groups in total. The zero-order valence-corrected chi connectivity index (χ0v) is 6.64. The maximum absolute atomic E-state index is 4.24. The fourth-order valence-corrected chi connectivity index (χ4v) is 1.42. The molecule has 0 aromatic carbocycles. The van der Waals surface area contributed by atoms with E-state index in [0.717, 1.165) is 18.0 Å². The summed E-state index contributed by atoms with van der Waals surface area (Å²) in [7, 11) is 0. The van der Waals surface area contributed by atoms with E-state index in [2.05, 4.69) is 23.2 Å². The number of hydrogen-bond acceptors (Lipinski definition) is 1. The normalized spacial score (nSPS) is 18.3. The lowest BCUT2D eigenvalue weighted by molar-refractivity contribution is 0.410. The Morgan fingerprint density at radius 3 is 2.91 bits per heavy atom. The van der Waals surface area contributed by atoms with E-state index < -0.39 is 0 Å². The number of aromatic amines is 1. The molecule has 1 fully saturated rings. The lowest BCUT2D eigenvalue weighted by Crippen LogP contribution is -2.08. The predicted octanol–water partition coefficient (Wildman–Crippen LogP) is 2.05. The molecule has 59 valence electrons. The van der Waals surface area contributed by atoms with E-state index >= 15 is 0 Å². The van der Waals surface area contributed by atoms with Gasteiger partial charge < -0.3 is 0 Å². The quantitative estimate of drug-likeness (QED) is 0.685. The second kappa shape index (κ2) is 2.68. The molecule has 0 bridgehead atoms. The first kappa shape index (κ1) is 6.89. The summed E-state index contributed by atoms with van der Waals surface area (Å²) in [4.78, 5) is 0. The van der Waals surface area contributed by atoms with Crippen LogP contribution in [0.25, 0.3) is 0 Å². The number of rotatable bonds is 2. The Labute approximate surface area is 67.0 Å². The summed E-state index contributed by atoms with van der Waals surface area (Å²) < 4.78 is 0. The topological polar surface area (TPSA) is 28.7 Å². The van der Waals surface area contributed by atoms with Gasteiger partial charge in [-0.1, -0.05) is 6.42 Å². The van der Waals surface area contributed by atoms with Gasteiger partial charge in [0.2, 0.25) is 0 Å². The molecule has 1 aliphatic rings. The van der Waals surface area contributed by atoms with Crippen molar-refractivity contribution in [3.63, 3.8) is 0 Å². The van der Waals surface area contributed by atoms with Gasteiger partial charge in [-0.05, 0) is 32.3 Å². The van der Waals surface area contributed by atoms with Crippen LogP contribution in [0.1, 0.15) is 36.6 Å². The van der Waals surface area contributed by atoms with Crippen molar-refractivity contribution in [3.8, 4) is 0 Å². The molecule has 1 aromatic rings. The van der Waals surface area contributed by atoms with Gasteiger partial charge in [0, 0.05) is 11.6 Å². The number of H-pyrrole nitrogens is 1. The molecule has 2 heteroatoms. The fourth-order valence-electron chi connectivity index (χ4n) is 1.42. The first-order valence-electron chi connectivity index (χ1n) is 4.23. The molecule has 0 unspecified atom stereocenters. The van der Waals surface area contributed by atoms with Crippen LogP contribution in [0.4, 0.5) is 0 Å². The third-order valence-electron chi connectivity index (χ3n) is 2.44. The molecule has 1 saturated carbocycles. The summed E-state index contributed by atoms with van der Waals surface area (Å²) >= 11 is 0. The van der Waals surface area contributed by atoms with Crippen LogP contribution >= 0.6 is 0 Å². The van der Waals surface area contributed by atoms with Gasteiger partial charge in [0.1, 0.15) is 0 Å². The van der Waals surface area contributed by atoms with Gasteiger partial charge in [-0.2, -0.15) is 5.10 Å². The smallest absolute Gasteiger partial charge is 0.0655 e. The number of nitrogens with one attached hydrogen (secondary N) is 1. The van der Waals surface area contributed by atoms with Gasteiger partial charge in [-0.3, -0.25) is 5.10 Å². The van der Waals surface area contributed by atoms with Crippen molar-refractivity contribution in [2.45, 2.75) is 31.6 Å². The predicted molar refractivity (Wildman–Crippen MR) is 44.2 cm³/mol. The van der Waals surface area contributed by atoms with Crippen LogP contribution < -0.4 is 0 Å². The number of aromatic nitrogens is 2. The zero-order valence-electron chi connectivity index (χ0n) is 6.64. The largest absolute Gasteiger partial charge is 0.282 e. The van der Waals surface area contributed by atoms with Gasteiger partial charge in [0.05, 0.1) is 5.69 Å². The molecule has 11 heavy (non-hydrogen) atoms. The minimum Gasteiger partial charge on any atom is -0.282 e. The number of hydrogen-bond donors (Lipinski definition) is 1. The van der Waals surface area contributed by atoms with E-state index in [0.29, 0.717) is 0 Å². The summed E-state index contributed by atoms with van der Waals surface area (Å²) in [6.07, 6.45) is 4.83. The van der Waals surface area contributed by atoms with Crippen molar-refractivity contribution < 1.29 is 0 Å². The van der Waals surface area contributed by atoms with Crippen LogP contribution in [0, 0.1) is 6.92 Å². The Balaban J connectivity index is 2.11. The van der Waals surface area contributed by atoms with E-state index in [9.17, 15) is 0 Å². The summed E-state index contributed by atoms with van der Waals surface area (Å²) in [6.45, 7) is 3.80. The van der Waals surface area contributed by atoms with E-state index in [1.807, 2.05) is 0 Å². The maximum atomic E-state index is 4.24. The highest BCUT2D eigenvalue weighted by Gasteiger charge is 2.21. The highest BCUT2D eigenvalue weighted by molar-refractivity contribution is 5.15. The van der Waals surface area contributed by atoms with Crippen LogP contribution in [0.15, 0.2) is 6.07 Å². The Morgan fingerprint density at radius 1 is 1.64 bits per heavy atom. The zero-order chi connectivity index (χ0) is 7.68. The van der Waals surface area contributed by atoms with E-state index in [1.165, 1.54) is 25.0 Å². The van der Waals surface area contributed by atoms with Crippen LogP contribution in [-0.2, 0) is 6.42 Å². The Hall–Kier alpha value is -0.790. The van der Waals surface area contributed by atoms with E-state index in [1.54, 1.807) is 0 Å². The molecule has 1 radical (unpaired) electrons. The van der Waals surface area contributed by atoms with Crippen molar-refractivity contribution in [1.29, 1.82) is 0 Å². The van der Waals surface area contributed by atoms with Crippen LogP contribution in [0.5, 0.6) is 0 Å². The van der Waals surface area contributed by atoms with Crippen molar-refractivity contribution in [3.05, 3.63) is 24.4 Å². The average Bonchev–Trinajstić information content (AvgIpc) is 2.32. The number of nitrogens with zero attached hydrogens (tertiary/aromatic N) is 1. The molecule has 0 atom stereocenters. The van der Waals surface area contributed by atoms with Crippen LogP contribution in [0.2, 0.25) is 0 Å². The molecular weight excluding hydrogens is 136 g/mol. The molecule has 0 amide bonds. The van der Waals surface area contributed by atoms with Crippen molar-refractivity contribution >= 4 is 0 Å². The Kier molecular flexibility index (Phi) is 1.68. The third kappa shape index (κ3) is 1.17. The van der Waals surface area contributed by atoms with Gasteiger partial charge >= 0.3 is 0 Å². The Bertz CT molecular complexity index is 235. The second-order valence-electron chi connectivity index (χ2n) is 3.20. The summed E-state index contributed by atoms with van der Waals surface area (Å²) in [6, 6.07) is 2.15. The molecule has 1 aromatic heterocycles. The minimum absolute atomic E-state index is 0.742. The highest BCUT2D eigenvalue weighted by Crippen LogP contribution is 2.35. The lowest BCUT2D eigenvalue weighted by Gasteiger charge is -2.22. The Morgan fingerprint density at radius 2 is 2.45 bits per heavy atom. The van der Waals surface area contributed by atoms with E-state index in [-0.39, 0.29) is 0 Å². The fraction of sp³-hybridized carbons (Fsp3) is 0.556. The molecule has 1 aliphatic carbocycles. The third-order valence-corrected chi connectivity index (χ3v) is 2.44. The molecule has 2 nitrogen and oxygen atoms in total. The summed E-state index contributed by atoms with van der Waals surface area (Å²) in [5.74, 6) is 0.742. The van der Waals surface area contributed by atoms with Gasteiger partial charge in [-0.25, -0.2) is 0 Å². The van der Waals surface area contributed by atoms with Crippen LogP contribution in [0.3, 0.4) is 0 Å². The van der Waals surface area contributed by atoms with Crippen molar-refractivity contribution in [2.24, 2.45) is 0 Å². The lowest BCUT2D eigenvalue weighted by atomic mass is 9.83. The molecule has 2 rings (SSSR count). The molecular formula is C9H13N2. The molecule has 0 saturated heterocycles. The van der Waals surface area contributed by atoms with E-state index in [4.69, 9.17) is 0 Å². The molecule has 0 spiro atoms. The first-order valence-corrected chi connectivity index (χ1v) is 4.23. The van der Waals surface area contributed by atoms with Crippen molar-refractivity contribution in [1.82, 2.24) is 10.2 Å². The van der Waals surface area contributed by atoms with Crippen molar-refractivity contribution in [2.75, 3.05) is 0 Å². The van der Waals surface area contributed by atoms with Crippen LogP contribution in [-0.4, -0.2) is 10.2 Å². The summed E-state index contributed by atoms with van der Waals surface area (Å²) in [5, 5.41) is 7.24. The summed E-state index contributed by atoms with van der Waals surface area (Å²) in [5.41, 5.74) is 2.40.